The Morgan fingerprint density at radius 1 is 0.968 bits per heavy atom. The highest BCUT2D eigenvalue weighted by molar-refractivity contribution is 6.21. The van der Waals surface area contributed by atoms with Crippen LogP contribution in [-0.4, -0.2) is 80.6 Å². The standard InChI is InChI=1S/C48H59N3O11/c1-11-22(2)25(5)45(61-30(10)52)27(7)41(55)26(6)40(54)23(3)16-15-17-24(4)48(59)50-39-44(58)35-34(36-43(57)29(9)60-46(36)28(8)42(35)56)38-47(39)62-33-21-31(20-32(53)37(33)49-38)51-18-13-12-14-19-51/h11,15-17,20-23,25-27,29,40-41,45,53-56H,1,12-14,18-19H2,2-10H3,(H,50,59)/b16-15+,24-17-/t22-,23-,25+,26+,27+,29-,40-,41+,45+/m0/s1. The number of hydrogen-bond acceptors (Lipinski definition) is 13. The van der Waals surface area contributed by atoms with Crippen molar-refractivity contribution in [1.82, 2.24) is 4.98 Å². The van der Waals surface area contributed by atoms with Gasteiger partial charge in [0.2, 0.25) is 11.2 Å². The first kappa shape index (κ1) is 45.8. The van der Waals surface area contributed by atoms with E-state index in [1.165, 1.54) is 26.8 Å². The van der Waals surface area contributed by atoms with Gasteiger partial charge >= 0.3 is 5.97 Å². The van der Waals surface area contributed by atoms with Crippen LogP contribution in [0.5, 0.6) is 17.2 Å². The molecular formula is C48H59N3O11. The molecule has 3 heterocycles. The minimum Gasteiger partial charge on any atom is -0.507 e. The first-order chi connectivity index (χ1) is 29.3. The Bertz CT molecular complexity index is 2500. The van der Waals surface area contributed by atoms with Crippen molar-refractivity contribution in [3.8, 4) is 28.7 Å². The number of allylic oxidation sites excluding steroid dienone is 3. The van der Waals surface area contributed by atoms with E-state index in [1.54, 1.807) is 58.1 Å². The van der Waals surface area contributed by atoms with Crippen LogP contribution in [0.2, 0.25) is 0 Å². The van der Waals surface area contributed by atoms with E-state index in [0.717, 1.165) is 32.4 Å². The number of amides is 1. The summed E-state index contributed by atoms with van der Waals surface area (Å²) in [5.74, 6) is -4.04. The highest BCUT2D eigenvalue weighted by Gasteiger charge is 2.40. The van der Waals surface area contributed by atoms with Crippen LogP contribution in [0.4, 0.5) is 11.4 Å². The largest absolute Gasteiger partial charge is 0.507 e. The molecule has 1 saturated heterocycles. The third-order valence-corrected chi connectivity index (χ3v) is 13.0. The lowest BCUT2D eigenvalue weighted by atomic mass is 9.77. The molecule has 5 N–H and O–H groups in total. The van der Waals surface area contributed by atoms with Crippen molar-refractivity contribution in [2.24, 2.45) is 29.6 Å². The van der Waals surface area contributed by atoms with E-state index in [0.29, 0.717) is 5.69 Å². The topological polar surface area (TPSA) is 209 Å². The van der Waals surface area contributed by atoms with Crippen molar-refractivity contribution in [3.05, 3.63) is 69.9 Å². The minimum atomic E-state index is -1.03. The Balaban J connectivity index is 1.34. The quantitative estimate of drug-likeness (QED) is 0.0207. The number of ether oxygens (including phenoxy) is 2. The van der Waals surface area contributed by atoms with Crippen LogP contribution in [-0.2, 0) is 14.3 Å². The van der Waals surface area contributed by atoms with E-state index in [4.69, 9.17) is 18.9 Å². The summed E-state index contributed by atoms with van der Waals surface area (Å²) in [6.07, 6.45) is 6.04. The number of nitrogens with zero attached hydrogens (tertiary/aromatic N) is 2. The zero-order valence-corrected chi connectivity index (χ0v) is 36.9. The molecule has 14 heteroatoms. The highest BCUT2D eigenvalue weighted by atomic mass is 16.5. The van der Waals surface area contributed by atoms with Gasteiger partial charge in [-0.2, -0.15) is 0 Å². The van der Waals surface area contributed by atoms with E-state index in [2.05, 4.69) is 16.8 Å². The Hall–Kier alpha value is -5.73. The SMILES string of the molecule is C=C[C@H](C)[C@@H](C)[C@@H](OC(C)=O)[C@H](C)[C@H](O)[C@H](C)[C@@H](O)[C@@H](C)/C=C/C=C(/C)C(=O)Nc1c2oc3cc(N4CCCCC4)cc(O)c3nc-2c2c3c(c(C)c(O)c2c1=O)O[C@@H](C)C3=O. The molecule has 0 bridgehead atoms. The molecule has 6 rings (SSSR count). The first-order valence-corrected chi connectivity index (χ1v) is 21.4. The molecule has 14 nitrogen and oxygen atoms in total. The van der Waals surface area contributed by atoms with Crippen LogP contribution in [0.3, 0.4) is 0 Å². The molecule has 2 aromatic carbocycles. The van der Waals surface area contributed by atoms with Gasteiger partial charge in [-0.3, -0.25) is 19.2 Å². The summed E-state index contributed by atoms with van der Waals surface area (Å²) in [6, 6.07) is 3.31. The molecular weight excluding hydrogens is 795 g/mol. The number of carbonyl (C=O) groups is 3. The number of carbonyl (C=O) groups excluding carboxylic acids is 3. The normalized spacial score (nSPS) is 19.7. The Morgan fingerprint density at radius 3 is 2.29 bits per heavy atom. The molecule has 1 amide bonds. The molecule has 0 aromatic heterocycles. The van der Waals surface area contributed by atoms with Crippen molar-refractivity contribution >= 4 is 50.9 Å². The van der Waals surface area contributed by atoms with Gasteiger partial charge in [-0.05, 0) is 51.9 Å². The summed E-state index contributed by atoms with van der Waals surface area (Å²) in [7, 11) is 0. The summed E-state index contributed by atoms with van der Waals surface area (Å²) in [5.41, 5.74) is 0.0762. The number of Topliss-reactive ketones (excluding diaryl/α,β-unsaturated/α-hetero) is 1. The molecule has 0 radical (unpaired) electrons. The molecule has 0 spiro atoms. The van der Waals surface area contributed by atoms with Gasteiger partial charge in [0.15, 0.2) is 17.4 Å². The predicted octanol–water partition coefficient (Wildman–Crippen LogP) is 7.58. The lowest BCUT2D eigenvalue weighted by molar-refractivity contribution is -0.158. The van der Waals surface area contributed by atoms with E-state index in [9.17, 15) is 39.6 Å². The zero-order chi connectivity index (χ0) is 45.5. The summed E-state index contributed by atoms with van der Waals surface area (Å²) in [6.45, 7) is 20.5. The number of anilines is 2. The number of ketones is 1. The fourth-order valence-corrected chi connectivity index (χ4v) is 8.75. The van der Waals surface area contributed by atoms with Gasteiger partial charge in [0, 0.05) is 72.1 Å². The third kappa shape index (κ3) is 8.54. The molecule has 62 heavy (non-hydrogen) atoms. The number of rotatable bonds is 14. The van der Waals surface area contributed by atoms with Crippen molar-refractivity contribution in [2.75, 3.05) is 23.3 Å². The van der Waals surface area contributed by atoms with E-state index < -0.39 is 71.0 Å². The number of aliphatic hydroxyl groups excluding tert-OH is 2. The van der Waals surface area contributed by atoms with Crippen molar-refractivity contribution < 1.29 is 48.7 Å². The maximum atomic E-state index is 14.5. The Labute approximate surface area is 361 Å². The highest BCUT2D eigenvalue weighted by Crippen LogP contribution is 2.49. The number of piperidine rings is 1. The van der Waals surface area contributed by atoms with Crippen LogP contribution in [0, 0.1) is 36.5 Å². The van der Waals surface area contributed by atoms with Crippen LogP contribution in [0.25, 0.3) is 33.3 Å². The van der Waals surface area contributed by atoms with Crippen LogP contribution < -0.4 is 20.4 Å². The number of nitrogens with one attached hydrogen (secondary N) is 1. The molecule has 0 saturated carbocycles. The zero-order valence-electron chi connectivity index (χ0n) is 36.9. The number of aromatic hydroxyl groups is 2. The average molecular weight is 854 g/mol. The predicted molar refractivity (Wildman–Crippen MR) is 238 cm³/mol. The molecule has 332 valence electrons. The number of phenols is 2. The Kier molecular flexibility index (Phi) is 13.5. The van der Waals surface area contributed by atoms with Crippen LogP contribution >= 0.6 is 0 Å². The lowest BCUT2D eigenvalue weighted by Crippen LogP contribution is -2.45. The van der Waals surface area contributed by atoms with Gasteiger partial charge in [-0.1, -0.05) is 58.9 Å². The second-order valence-electron chi connectivity index (χ2n) is 17.3. The van der Waals surface area contributed by atoms with E-state index >= 15 is 0 Å². The minimum absolute atomic E-state index is 0.00289. The fraction of sp³-hybridized carbons (Fsp3) is 0.479. The second kappa shape index (κ2) is 18.3. The molecule has 1 aliphatic carbocycles. The van der Waals surface area contributed by atoms with Gasteiger partial charge in [0.05, 0.1) is 23.2 Å². The van der Waals surface area contributed by atoms with Crippen molar-refractivity contribution in [1.29, 1.82) is 0 Å². The number of hydrogen-bond donors (Lipinski definition) is 5. The molecule has 0 unspecified atom stereocenters. The maximum Gasteiger partial charge on any atom is 0.302 e. The maximum absolute atomic E-state index is 14.5. The van der Waals surface area contributed by atoms with Crippen molar-refractivity contribution in [3.63, 3.8) is 0 Å². The number of fused-ring (bicyclic) bond motifs is 6. The fourth-order valence-electron chi connectivity index (χ4n) is 8.75. The summed E-state index contributed by atoms with van der Waals surface area (Å²) in [4.78, 5) is 60.8. The molecule has 3 aliphatic heterocycles. The van der Waals surface area contributed by atoms with Gasteiger partial charge in [-0.25, -0.2) is 4.98 Å². The Morgan fingerprint density at radius 2 is 1.65 bits per heavy atom. The van der Waals surface area contributed by atoms with Crippen LogP contribution in [0.15, 0.2) is 57.8 Å². The molecule has 9 atom stereocenters. The third-order valence-electron chi connectivity index (χ3n) is 13.0. The number of benzene rings is 3. The monoisotopic (exact) mass is 853 g/mol. The van der Waals surface area contributed by atoms with Gasteiger partial charge in [0.1, 0.15) is 40.3 Å². The smallest absolute Gasteiger partial charge is 0.302 e. The second-order valence-corrected chi connectivity index (χ2v) is 17.3. The summed E-state index contributed by atoms with van der Waals surface area (Å²) in [5, 5.41) is 47.9. The summed E-state index contributed by atoms with van der Waals surface area (Å²) >= 11 is 0. The van der Waals surface area contributed by atoms with E-state index in [-0.39, 0.29) is 79.0 Å². The molecule has 2 aromatic rings. The molecule has 4 aliphatic rings. The average Bonchev–Trinajstić information content (AvgIpc) is 3.56. The number of esters is 1. The van der Waals surface area contributed by atoms with Gasteiger partial charge in [-0.15, -0.1) is 6.58 Å². The number of aliphatic hydroxyl groups is 2. The van der Waals surface area contributed by atoms with Crippen LogP contribution in [0.1, 0.15) is 90.6 Å². The number of phenolic OH excluding ortho intramolecular Hbond substituents is 2. The van der Waals surface area contributed by atoms with Crippen molar-refractivity contribution in [2.45, 2.75) is 106 Å². The van der Waals surface area contributed by atoms with Gasteiger partial charge in [0.25, 0.3) is 5.91 Å². The first-order valence-electron chi connectivity index (χ1n) is 21.4. The van der Waals surface area contributed by atoms with E-state index in [1.807, 2.05) is 13.8 Å². The van der Waals surface area contributed by atoms with Gasteiger partial charge < -0.3 is 44.5 Å². The number of aromatic nitrogens is 1. The molecule has 1 fully saturated rings. The summed E-state index contributed by atoms with van der Waals surface area (Å²) < 4.78 is 17.9. The lowest BCUT2D eigenvalue weighted by Gasteiger charge is -2.37.